The molecule has 1 fully saturated rings. The highest BCUT2D eigenvalue weighted by Gasteiger charge is 2.35. The monoisotopic (exact) mass is 430 g/mol. The fourth-order valence-corrected chi connectivity index (χ4v) is 3.13. The van der Waals surface area contributed by atoms with Crippen molar-refractivity contribution in [2.45, 2.75) is 58.2 Å². The lowest BCUT2D eigenvalue weighted by molar-refractivity contribution is -0.149. The number of rotatable bonds is 7. The average molecular weight is 430 g/mol. The lowest BCUT2D eigenvalue weighted by Crippen LogP contribution is -2.34. The summed E-state index contributed by atoms with van der Waals surface area (Å²) in [6.45, 7) is 15.1. The molecule has 0 spiro atoms. The van der Waals surface area contributed by atoms with Crippen LogP contribution in [-0.4, -0.2) is 30.2 Å². The number of esters is 3. The van der Waals surface area contributed by atoms with Crippen LogP contribution < -0.4 is 9.47 Å². The third kappa shape index (κ3) is 6.38. The van der Waals surface area contributed by atoms with Gasteiger partial charge in [0.25, 0.3) is 0 Å². The SMILES string of the molecule is C=C(C)C(=O)Oc1ccc([C@H]2CCC(OC(=O)C(=C)C)C(F)C2)c(OC(=O)C(=C)C)c1. The van der Waals surface area contributed by atoms with E-state index < -0.39 is 30.2 Å². The summed E-state index contributed by atoms with van der Waals surface area (Å²) in [5.74, 6) is -1.84. The van der Waals surface area contributed by atoms with Crippen molar-refractivity contribution in [3.8, 4) is 11.5 Å². The maximum atomic E-state index is 14.8. The summed E-state index contributed by atoms with van der Waals surface area (Å²) in [5, 5.41) is 0. The minimum absolute atomic E-state index is 0.0800. The Hall–Kier alpha value is -3.22. The molecule has 2 rings (SSSR count). The molecule has 1 aliphatic rings. The number of hydrogen-bond acceptors (Lipinski definition) is 6. The Balaban J connectivity index is 2.26. The standard InChI is InChI=1S/C24H27FO6/c1-13(2)22(26)29-17-8-9-18(21(12-17)31-24(28)15(5)6)16-7-10-20(19(25)11-16)30-23(27)14(3)4/h8-9,12,16,19-20H,1,3,5,7,10-11H2,2,4,6H3/t16-,19?,20?/m0/s1. The second-order valence-corrected chi connectivity index (χ2v) is 7.79. The molecule has 6 nitrogen and oxygen atoms in total. The Labute approximate surface area is 181 Å². The first kappa shape index (κ1) is 24.1. The van der Waals surface area contributed by atoms with Crippen LogP contribution in [0.3, 0.4) is 0 Å². The number of halogens is 1. The van der Waals surface area contributed by atoms with E-state index in [1.54, 1.807) is 12.1 Å². The Morgan fingerprint density at radius 1 is 0.903 bits per heavy atom. The zero-order valence-electron chi connectivity index (χ0n) is 18.0. The van der Waals surface area contributed by atoms with E-state index in [0.29, 0.717) is 18.4 Å². The van der Waals surface area contributed by atoms with E-state index in [0.717, 1.165) is 0 Å². The predicted octanol–water partition coefficient (Wildman–Crippen LogP) is 4.74. The van der Waals surface area contributed by atoms with Crippen molar-refractivity contribution in [3.05, 3.63) is 60.2 Å². The van der Waals surface area contributed by atoms with Gasteiger partial charge in [0.2, 0.25) is 0 Å². The van der Waals surface area contributed by atoms with Gasteiger partial charge in [-0.25, -0.2) is 18.8 Å². The molecule has 31 heavy (non-hydrogen) atoms. The summed E-state index contributed by atoms with van der Waals surface area (Å²) in [7, 11) is 0. The average Bonchev–Trinajstić information content (AvgIpc) is 2.69. The van der Waals surface area contributed by atoms with Crippen LogP contribution in [0, 0.1) is 0 Å². The van der Waals surface area contributed by atoms with Gasteiger partial charge in [0, 0.05) is 22.8 Å². The molecule has 3 atom stereocenters. The van der Waals surface area contributed by atoms with Gasteiger partial charge in [0.05, 0.1) is 0 Å². The second-order valence-electron chi connectivity index (χ2n) is 7.79. The smallest absolute Gasteiger partial charge is 0.338 e. The minimum atomic E-state index is -1.38. The Morgan fingerprint density at radius 3 is 2.03 bits per heavy atom. The Kier molecular flexibility index (Phi) is 7.91. The van der Waals surface area contributed by atoms with E-state index in [-0.39, 0.29) is 40.6 Å². The molecule has 1 aromatic rings. The molecule has 0 radical (unpaired) electrons. The molecule has 2 unspecified atom stereocenters. The van der Waals surface area contributed by atoms with Crippen LogP contribution in [-0.2, 0) is 19.1 Å². The van der Waals surface area contributed by atoms with Crippen molar-refractivity contribution in [1.29, 1.82) is 0 Å². The minimum Gasteiger partial charge on any atom is -0.456 e. The topological polar surface area (TPSA) is 78.9 Å². The zero-order chi connectivity index (χ0) is 23.3. The molecule has 7 heteroatoms. The summed E-state index contributed by atoms with van der Waals surface area (Å²) in [6.07, 6.45) is -1.33. The first-order valence-corrected chi connectivity index (χ1v) is 9.89. The number of hydrogen-bond donors (Lipinski definition) is 0. The van der Waals surface area contributed by atoms with Crippen LogP contribution in [0.2, 0.25) is 0 Å². The van der Waals surface area contributed by atoms with Crippen LogP contribution in [0.15, 0.2) is 54.7 Å². The number of alkyl halides is 1. The fourth-order valence-electron chi connectivity index (χ4n) is 3.13. The molecule has 1 saturated carbocycles. The van der Waals surface area contributed by atoms with Crippen LogP contribution >= 0.6 is 0 Å². The first-order valence-electron chi connectivity index (χ1n) is 9.89. The molecular formula is C24H27FO6. The molecule has 0 aliphatic heterocycles. The van der Waals surface area contributed by atoms with Gasteiger partial charge in [-0.2, -0.15) is 0 Å². The van der Waals surface area contributed by atoms with Gasteiger partial charge in [-0.3, -0.25) is 0 Å². The van der Waals surface area contributed by atoms with E-state index >= 15 is 0 Å². The number of carbonyl (C=O) groups excluding carboxylic acids is 3. The normalized spacial score (nSPS) is 20.3. The Bertz CT molecular complexity index is 932. The summed E-state index contributed by atoms with van der Waals surface area (Å²) in [6, 6.07) is 4.60. The van der Waals surface area contributed by atoms with E-state index in [9.17, 15) is 18.8 Å². The van der Waals surface area contributed by atoms with Crippen LogP contribution in [0.5, 0.6) is 11.5 Å². The first-order chi connectivity index (χ1) is 14.5. The van der Waals surface area contributed by atoms with Crippen LogP contribution in [0.25, 0.3) is 0 Å². The van der Waals surface area contributed by atoms with Crippen molar-refractivity contribution in [1.82, 2.24) is 0 Å². The van der Waals surface area contributed by atoms with E-state index in [4.69, 9.17) is 14.2 Å². The van der Waals surface area contributed by atoms with Gasteiger partial charge in [-0.15, -0.1) is 0 Å². The lowest BCUT2D eigenvalue weighted by atomic mass is 9.81. The van der Waals surface area contributed by atoms with Crippen LogP contribution in [0.4, 0.5) is 4.39 Å². The number of ether oxygens (including phenoxy) is 3. The molecule has 0 amide bonds. The van der Waals surface area contributed by atoms with Crippen molar-refractivity contribution < 1.29 is 33.0 Å². The third-order valence-corrected chi connectivity index (χ3v) is 4.85. The molecule has 0 aromatic heterocycles. The second kappa shape index (κ2) is 10.2. The summed E-state index contributed by atoms with van der Waals surface area (Å²) < 4.78 is 30.6. The van der Waals surface area contributed by atoms with Crippen molar-refractivity contribution in [2.24, 2.45) is 0 Å². The highest BCUT2D eigenvalue weighted by molar-refractivity contribution is 5.90. The third-order valence-electron chi connectivity index (χ3n) is 4.85. The van der Waals surface area contributed by atoms with Crippen molar-refractivity contribution in [3.63, 3.8) is 0 Å². The number of carbonyl (C=O) groups is 3. The Morgan fingerprint density at radius 2 is 1.48 bits per heavy atom. The summed E-state index contributed by atoms with van der Waals surface area (Å²) in [4.78, 5) is 35.6. The van der Waals surface area contributed by atoms with E-state index in [1.165, 1.54) is 26.8 Å². The van der Waals surface area contributed by atoms with Crippen molar-refractivity contribution in [2.75, 3.05) is 0 Å². The zero-order valence-corrected chi connectivity index (χ0v) is 18.0. The molecule has 1 aliphatic carbocycles. The van der Waals surface area contributed by atoms with E-state index in [2.05, 4.69) is 19.7 Å². The van der Waals surface area contributed by atoms with Gasteiger partial charge in [-0.1, -0.05) is 25.8 Å². The highest BCUT2D eigenvalue weighted by Crippen LogP contribution is 2.41. The molecule has 0 bridgehead atoms. The largest absolute Gasteiger partial charge is 0.456 e. The molecule has 0 saturated heterocycles. The van der Waals surface area contributed by atoms with E-state index in [1.807, 2.05) is 0 Å². The highest BCUT2D eigenvalue weighted by atomic mass is 19.1. The van der Waals surface area contributed by atoms with Crippen molar-refractivity contribution >= 4 is 17.9 Å². The molecule has 166 valence electrons. The molecule has 0 heterocycles. The van der Waals surface area contributed by atoms with Gasteiger partial charge in [-0.05, 0) is 57.6 Å². The summed E-state index contributed by atoms with van der Waals surface area (Å²) in [5.41, 5.74) is 1.21. The molecular weight excluding hydrogens is 403 g/mol. The number of benzene rings is 1. The molecule has 0 N–H and O–H groups in total. The summed E-state index contributed by atoms with van der Waals surface area (Å²) >= 11 is 0. The predicted molar refractivity (Wildman–Crippen MR) is 114 cm³/mol. The maximum absolute atomic E-state index is 14.8. The van der Waals surface area contributed by atoms with Gasteiger partial charge in [0.1, 0.15) is 23.8 Å². The lowest BCUT2D eigenvalue weighted by Gasteiger charge is -2.32. The van der Waals surface area contributed by atoms with Gasteiger partial charge < -0.3 is 14.2 Å². The van der Waals surface area contributed by atoms with Crippen LogP contribution in [0.1, 0.15) is 51.5 Å². The fraction of sp³-hybridized carbons (Fsp3) is 0.375. The molecule has 1 aromatic carbocycles. The van der Waals surface area contributed by atoms with Gasteiger partial charge in [0.15, 0.2) is 0 Å². The van der Waals surface area contributed by atoms with Gasteiger partial charge >= 0.3 is 17.9 Å². The maximum Gasteiger partial charge on any atom is 0.338 e. The quantitative estimate of drug-likeness (QED) is 0.353.